The highest BCUT2D eigenvalue weighted by atomic mass is 16.6. The zero-order chi connectivity index (χ0) is 25.4. The molecule has 0 aromatic heterocycles. The van der Waals surface area contributed by atoms with Gasteiger partial charge in [0.15, 0.2) is 11.5 Å². The average molecular weight is 490 g/mol. The topological polar surface area (TPSA) is 83.1 Å². The highest BCUT2D eigenvalue weighted by Gasteiger charge is 2.54. The van der Waals surface area contributed by atoms with E-state index in [-0.39, 0.29) is 11.8 Å². The van der Waals surface area contributed by atoms with Crippen molar-refractivity contribution in [1.29, 1.82) is 0 Å². The zero-order valence-corrected chi connectivity index (χ0v) is 22.1. The van der Waals surface area contributed by atoms with Crippen LogP contribution < -0.4 is 19.5 Å². The lowest BCUT2D eigenvalue weighted by molar-refractivity contribution is -0.170. The van der Waals surface area contributed by atoms with Gasteiger partial charge in [-0.25, -0.2) is 4.79 Å². The fourth-order valence-electron chi connectivity index (χ4n) is 6.37. The third-order valence-electron chi connectivity index (χ3n) is 8.15. The first-order chi connectivity index (χ1) is 17.0. The maximum absolute atomic E-state index is 14.3. The Bertz CT molecular complexity index is 830. The van der Waals surface area contributed by atoms with Crippen molar-refractivity contribution in [2.75, 3.05) is 27.9 Å². The third-order valence-corrected chi connectivity index (χ3v) is 8.15. The normalized spacial score (nSPS) is 20.7. The molecule has 1 saturated carbocycles. The number of carbonyl (C=O) groups excluding carboxylic acids is 2. The monoisotopic (exact) mass is 489 g/mol. The van der Waals surface area contributed by atoms with E-state index >= 15 is 0 Å². The van der Waals surface area contributed by atoms with Crippen LogP contribution >= 0.6 is 0 Å². The molecule has 0 amide bonds. The van der Waals surface area contributed by atoms with E-state index in [0.29, 0.717) is 23.7 Å². The number of nitrogens with one attached hydrogen (secondary N) is 1. The molecule has 196 valence electrons. The molecule has 2 atom stereocenters. The number of piperidine rings is 1. The summed E-state index contributed by atoms with van der Waals surface area (Å²) in [7, 11) is 4.73. The summed E-state index contributed by atoms with van der Waals surface area (Å²) in [6.45, 7) is 4.99. The summed E-state index contributed by atoms with van der Waals surface area (Å²) in [5.74, 6) is 0.633. The van der Waals surface area contributed by atoms with Gasteiger partial charge in [0.05, 0.1) is 26.7 Å². The summed E-state index contributed by atoms with van der Waals surface area (Å²) in [6.07, 6.45) is 9.35. The van der Waals surface area contributed by atoms with Crippen molar-refractivity contribution in [3.63, 3.8) is 0 Å². The molecule has 1 aromatic carbocycles. The molecular formula is C28H43NO6. The highest BCUT2D eigenvalue weighted by Crippen LogP contribution is 2.52. The van der Waals surface area contributed by atoms with Gasteiger partial charge in [-0.05, 0) is 61.8 Å². The van der Waals surface area contributed by atoms with Crippen LogP contribution in [0, 0.1) is 11.8 Å². The van der Waals surface area contributed by atoms with Crippen LogP contribution in [-0.4, -0.2) is 45.9 Å². The van der Waals surface area contributed by atoms with E-state index in [2.05, 4.69) is 19.2 Å². The molecule has 2 fully saturated rings. The molecule has 1 heterocycles. The van der Waals surface area contributed by atoms with Gasteiger partial charge in [0, 0.05) is 0 Å². The molecule has 2 aliphatic rings. The van der Waals surface area contributed by atoms with E-state index in [1.54, 1.807) is 21.3 Å². The zero-order valence-electron chi connectivity index (χ0n) is 22.1. The average Bonchev–Trinajstić information content (AvgIpc) is 2.91. The molecule has 0 radical (unpaired) electrons. The lowest BCUT2D eigenvalue weighted by atomic mass is 9.57. The lowest BCUT2D eigenvalue weighted by Gasteiger charge is -2.46. The van der Waals surface area contributed by atoms with E-state index in [4.69, 9.17) is 18.9 Å². The molecule has 1 unspecified atom stereocenters. The maximum atomic E-state index is 14.3. The number of hydrogen-bond acceptors (Lipinski definition) is 7. The van der Waals surface area contributed by atoms with Crippen LogP contribution in [0.5, 0.6) is 17.2 Å². The van der Waals surface area contributed by atoms with Gasteiger partial charge in [0.2, 0.25) is 5.75 Å². The first-order valence-electron chi connectivity index (χ1n) is 13.3. The van der Waals surface area contributed by atoms with Crippen molar-refractivity contribution in [2.24, 2.45) is 11.8 Å². The van der Waals surface area contributed by atoms with Crippen LogP contribution in [0.3, 0.4) is 0 Å². The molecule has 7 heteroatoms. The van der Waals surface area contributed by atoms with Crippen molar-refractivity contribution in [3.8, 4) is 17.2 Å². The Hall–Kier alpha value is -2.28. The van der Waals surface area contributed by atoms with Crippen LogP contribution in [0.15, 0.2) is 12.1 Å². The first-order valence-corrected chi connectivity index (χ1v) is 13.3. The summed E-state index contributed by atoms with van der Waals surface area (Å²) in [4.78, 5) is 27.5. The Labute approximate surface area is 210 Å². The standard InChI is InChI=1S/C28H43NO6/c1-6-19(7-2)28(20-13-9-8-10-14-20,27(31)35-26(30)22-15-11-12-16-29-22)21-17-23(32-3)25(34-5)24(18-21)33-4/h17-20,22,29H,6-16H2,1-5H3/t22?,28-/m0/s1. The van der Waals surface area contributed by atoms with Gasteiger partial charge in [-0.2, -0.15) is 0 Å². The first kappa shape index (κ1) is 27.3. The van der Waals surface area contributed by atoms with Gasteiger partial charge in [-0.15, -0.1) is 0 Å². The second-order valence-corrected chi connectivity index (χ2v) is 9.84. The Balaban J connectivity index is 2.18. The minimum atomic E-state index is -0.985. The molecule has 1 aliphatic heterocycles. The van der Waals surface area contributed by atoms with Gasteiger partial charge in [-0.3, -0.25) is 4.79 Å². The minimum absolute atomic E-state index is 0.00646. The lowest BCUT2D eigenvalue weighted by Crippen LogP contribution is -2.53. The van der Waals surface area contributed by atoms with Crippen LogP contribution in [-0.2, 0) is 19.7 Å². The predicted octanol–water partition coefficient (Wildman–Crippen LogP) is 5.18. The van der Waals surface area contributed by atoms with E-state index < -0.39 is 23.4 Å². The fourth-order valence-corrected chi connectivity index (χ4v) is 6.37. The molecule has 7 nitrogen and oxygen atoms in total. The van der Waals surface area contributed by atoms with Crippen molar-refractivity contribution in [3.05, 3.63) is 17.7 Å². The molecule has 1 saturated heterocycles. The molecule has 1 N–H and O–H groups in total. The van der Waals surface area contributed by atoms with Crippen LogP contribution in [0.25, 0.3) is 0 Å². The number of rotatable bonds is 10. The summed E-state index contributed by atoms with van der Waals surface area (Å²) in [5.41, 5.74) is -0.205. The quantitative estimate of drug-likeness (QED) is 0.358. The van der Waals surface area contributed by atoms with E-state index in [1.165, 1.54) is 0 Å². The number of methoxy groups -OCH3 is 3. The second-order valence-electron chi connectivity index (χ2n) is 9.84. The number of esters is 2. The number of carbonyl (C=O) groups is 2. The summed E-state index contributed by atoms with van der Waals surface area (Å²) in [6, 6.07) is 3.34. The molecular weight excluding hydrogens is 446 g/mol. The van der Waals surface area contributed by atoms with Crippen LogP contribution in [0.4, 0.5) is 0 Å². The summed E-state index contributed by atoms with van der Waals surface area (Å²) >= 11 is 0. The predicted molar refractivity (Wildman–Crippen MR) is 135 cm³/mol. The van der Waals surface area contributed by atoms with Gasteiger partial charge in [0.1, 0.15) is 6.04 Å². The number of hydrogen-bond donors (Lipinski definition) is 1. The third kappa shape index (κ3) is 5.45. The number of ether oxygens (including phenoxy) is 4. The van der Waals surface area contributed by atoms with Crippen molar-refractivity contribution in [2.45, 2.75) is 89.5 Å². The van der Waals surface area contributed by atoms with E-state index in [9.17, 15) is 9.59 Å². The molecule has 0 spiro atoms. The van der Waals surface area contributed by atoms with Gasteiger partial charge in [0.25, 0.3) is 0 Å². The van der Waals surface area contributed by atoms with Gasteiger partial charge < -0.3 is 24.3 Å². The molecule has 3 rings (SSSR count). The summed E-state index contributed by atoms with van der Waals surface area (Å²) in [5, 5.41) is 3.22. The van der Waals surface area contributed by atoms with E-state index in [0.717, 1.165) is 69.9 Å². The van der Waals surface area contributed by atoms with E-state index in [1.807, 2.05) is 12.1 Å². The van der Waals surface area contributed by atoms with Crippen molar-refractivity contribution in [1.82, 2.24) is 5.32 Å². The highest BCUT2D eigenvalue weighted by molar-refractivity contribution is 5.95. The van der Waals surface area contributed by atoms with Crippen LogP contribution in [0.1, 0.15) is 83.6 Å². The second kappa shape index (κ2) is 12.6. The SMILES string of the molecule is CCC(CC)[C@@](C(=O)OC(=O)C1CCCCN1)(c1cc(OC)c(OC)c(OC)c1)C1CCCCC1. The maximum Gasteiger partial charge on any atom is 0.330 e. The van der Waals surface area contributed by atoms with Crippen molar-refractivity contribution >= 4 is 11.9 Å². The largest absolute Gasteiger partial charge is 0.493 e. The molecule has 1 aliphatic carbocycles. The minimum Gasteiger partial charge on any atom is -0.493 e. The van der Waals surface area contributed by atoms with Crippen LogP contribution in [0.2, 0.25) is 0 Å². The van der Waals surface area contributed by atoms with Gasteiger partial charge in [-0.1, -0.05) is 52.4 Å². The van der Waals surface area contributed by atoms with Crippen molar-refractivity contribution < 1.29 is 28.5 Å². The molecule has 0 bridgehead atoms. The Morgan fingerprint density at radius 1 is 0.914 bits per heavy atom. The Morgan fingerprint density at radius 2 is 1.51 bits per heavy atom. The Morgan fingerprint density at radius 3 is 2.00 bits per heavy atom. The van der Waals surface area contributed by atoms with Gasteiger partial charge >= 0.3 is 11.9 Å². The summed E-state index contributed by atoms with van der Waals surface area (Å²) < 4.78 is 22.7. The fraction of sp³-hybridized carbons (Fsp3) is 0.714. The molecule has 1 aromatic rings. The smallest absolute Gasteiger partial charge is 0.330 e. The number of benzene rings is 1. The molecule has 35 heavy (non-hydrogen) atoms. The Kier molecular flexibility index (Phi) is 9.84.